The molecule has 0 aromatic rings. The van der Waals surface area contributed by atoms with E-state index >= 15 is 0 Å². The molecule has 0 aromatic carbocycles. The summed E-state index contributed by atoms with van der Waals surface area (Å²) in [6.07, 6.45) is 1.32. The van der Waals surface area contributed by atoms with Crippen molar-refractivity contribution < 1.29 is 0 Å². The van der Waals surface area contributed by atoms with Gasteiger partial charge < -0.3 is 20.4 Å². The van der Waals surface area contributed by atoms with Crippen molar-refractivity contribution in [2.45, 2.75) is 140 Å². The Morgan fingerprint density at radius 2 is 1.06 bits per heavy atom. The number of nitrogens with zero attached hydrogens (tertiary/aromatic N) is 4. The van der Waals surface area contributed by atoms with Crippen LogP contribution in [0.2, 0.25) is 17.5 Å². The normalized spacial score (nSPS) is 58.4. The van der Waals surface area contributed by atoms with Gasteiger partial charge in [0.05, 0.1) is 35.8 Å². The predicted octanol–water partition coefficient (Wildman–Crippen LogP) is 2.73. The highest BCUT2D eigenvalue weighted by molar-refractivity contribution is 6.66. The molecule has 0 aromatic heterocycles. The maximum Gasteiger partial charge on any atom is 0.163 e. The smallest absolute Gasteiger partial charge is 0.163 e. The van der Waals surface area contributed by atoms with E-state index in [-0.39, 0.29) is 0 Å². The van der Waals surface area contributed by atoms with Crippen LogP contribution in [0.5, 0.6) is 0 Å². The van der Waals surface area contributed by atoms with Gasteiger partial charge in [-0.2, -0.15) is 0 Å². The first kappa shape index (κ1) is 21.2. The number of hydrogen-bond acceptors (Lipinski definition) is 6. The van der Waals surface area contributed by atoms with Gasteiger partial charge in [-0.05, 0) is 63.4 Å². The van der Waals surface area contributed by atoms with E-state index < -0.39 is 0 Å². The zero-order valence-corrected chi connectivity index (χ0v) is 21.7. The average Bonchev–Trinajstić information content (AvgIpc) is 3.26. The highest BCUT2D eigenvalue weighted by Crippen LogP contribution is 2.63. The maximum absolute atomic E-state index is 5.35. The van der Waals surface area contributed by atoms with Gasteiger partial charge in [-0.1, -0.05) is 27.7 Å². The van der Waals surface area contributed by atoms with Crippen LogP contribution in [0.3, 0.4) is 0 Å². The lowest BCUT2D eigenvalue weighted by Crippen LogP contribution is -2.80. The SMILES string of the molecule is CC1=NC2C(C)NC(C)C3B4C5C(C(C)CC(C)C5N5C(C)=NC6C(C)NC(C)C4C65)N1C23. The molecule has 14 unspecified atom stereocenters. The number of aliphatic imine (C=N–C) groups is 2. The lowest BCUT2D eigenvalue weighted by atomic mass is 9.17. The summed E-state index contributed by atoms with van der Waals surface area (Å²) in [6.45, 7) is 20.2. The Morgan fingerprint density at radius 1 is 0.636 bits per heavy atom. The molecule has 0 spiro atoms. The number of nitrogens with one attached hydrogen (secondary N) is 2. The lowest BCUT2D eigenvalue weighted by molar-refractivity contribution is -0.00113. The van der Waals surface area contributed by atoms with E-state index in [2.05, 4.69) is 75.8 Å². The molecule has 14 atom stereocenters. The van der Waals surface area contributed by atoms with Gasteiger partial charge in [-0.3, -0.25) is 9.98 Å². The molecule has 7 rings (SSSR count). The Bertz CT molecular complexity index is 850. The first-order valence-electron chi connectivity index (χ1n) is 13.9. The second-order valence-corrected chi connectivity index (χ2v) is 13.1. The third-order valence-electron chi connectivity index (χ3n) is 11.5. The highest BCUT2D eigenvalue weighted by atomic mass is 15.4. The van der Waals surface area contributed by atoms with Crippen molar-refractivity contribution in [3.05, 3.63) is 0 Å². The maximum atomic E-state index is 5.35. The molecule has 6 heterocycles. The van der Waals surface area contributed by atoms with Gasteiger partial charge >= 0.3 is 0 Å². The summed E-state index contributed by atoms with van der Waals surface area (Å²) in [4.78, 5) is 16.5. The third-order valence-corrected chi connectivity index (χ3v) is 11.5. The van der Waals surface area contributed by atoms with Gasteiger partial charge in [0.2, 0.25) is 0 Å². The van der Waals surface area contributed by atoms with E-state index in [1.54, 1.807) is 0 Å². The minimum absolute atomic E-state index is 0.401. The van der Waals surface area contributed by atoms with Crippen LogP contribution in [0.25, 0.3) is 0 Å². The minimum Gasteiger partial charge on any atom is -0.353 e. The predicted molar refractivity (Wildman–Crippen MR) is 137 cm³/mol. The molecular formula is C26H43BN6. The number of piperidine rings is 2. The minimum atomic E-state index is 0.401. The highest BCUT2D eigenvalue weighted by Gasteiger charge is 2.71. The Kier molecular flexibility index (Phi) is 4.36. The molecule has 33 heavy (non-hydrogen) atoms. The van der Waals surface area contributed by atoms with Crippen molar-refractivity contribution in [3.8, 4) is 0 Å². The van der Waals surface area contributed by atoms with Crippen LogP contribution in [0.4, 0.5) is 0 Å². The molecular weight excluding hydrogens is 407 g/mol. The molecule has 1 saturated carbocycles. The number of amidine groups is 2. The zero-order valence-electron chi connectivity index (χ0n) is 21.7. The van der Waals surface area contributed by atoms with Crippen LogP contribution in [0.1, 0.15) is 61.8 Å². The first-order chi connectivity index (χ1) is 15.7. The van der Waals surface area contributed by atoms with E-state index in [0.717, 1.165) is 6.71 Å². The van der Waals surface area contributed by atoms with Crippen molar-refractivity contribution in [2.24, 2.45) is 21.8 Å². The summed E-state index contributed by atoms with van der Waals surface area (Å²) in [5, 5.41) is 8.03. The van der Waals surface area contributed by atoms with Crippen LogP contribution in [0, 0.1) is 11.8 Å². The second-order valence-electron chi connectivity index (χ2n) is 13.1. The molecule has 7 heteroatoms. The Balaban J connectivity index is 1.44. The molecule has 0 amide bonds. The van der Waals surface area contributed by atoms with Crippen LogP contribution in [-0.4, -0.2) is 88.6 Å². The van der Waals surface area contributed by atoms with Crippen molar-refractivity contribution in [2.75, 3.05) is 0 Å². The van der Waals surface area contributed by atoms with Crippen molar-refractivity contribution >= 4 is 18.4 Å². The first-order valence-corrected chi connectivity index (χ1v) is 13.9. The Labute approximate surface area is 200 Å². The molecule has 2 N–H and O–H groups in total. The van der Waals surface area contributed by atoms with E-state index in [1.807, 2.05) is 0 Å². The molecule has 7 aliphatic rings. The summed E-state index contributed by atoms with van der Waals surface area (Å²) >= 11 is 0. The molecule has 180 valence electrons. The fourth-order valence-corrected chi connectivity index (χ4v) is 10.9. The van der Waals surface area contributed by atoms with Gasteiger partial charge in [0.15, 0.2) is 6.71 Å². The summed E-state index contributed by atoms with van der Waals surface area (Å²) in [5.74, 6) is 6.06. The number of fused-ring (bicyclic) bond motifs is 4. The van der Waals surface area contributed by atoms with E-state index in [4.69, 9.17) is 9.98 Å². The molecule has 5 fully saturated rings. The quantitative estimate of drug-likeness (QED) is 0.558. The summed E-state index contributed by atoms with van der Waals surface area (Å²) < 4.78 is 0. The summed E-state index contributed by atoms with van der Waals surface area (Å²) in [7, 11) is 0. The Hall–Kier alpha value is -1.08. The van der Waals surface area contributed by atoms with Crippen LogP contribution in [0.15, 0.2) is 9.98 Å². The monoisotopic (exact) mass is 450 g/mol. The molecule has 0 bridgehead atoms. The average molecular weight is 450 g/mol. The third kappa shape index (κ3) is 2.44. The number of rotatable bonds is 0. The van der Waals surface area contributed by atoms with Gasteiger partial charge in [0.1, 0.15) is 0 Å². The van der Waals surface area contributed by atoms with E-state index in [0.29, 0.717) is 89.7 Å². The van der Waals surface area contributed by atoms with Gasteiger partial charge in [-0.25, -0.2) is 0 Å². The van der Waals surface area contributed by atoms with Gasteiger partial charge in [0, 0.05) is 36.3 Å². The fourth-order valence-electron chi connectivity index (χ4n) is 10.9. The van der Waals surface area contributed by atoms with Crippen LogP contribution in [-0.2, 0) is 0 Å². The molecule has 6 nitrogen and oxygen atoms in total. The van der Waals surface area contributed by atoms with Gasteiger partial charge in [0.25, 0.3) is 0 Å². The lowest BCUT2D eigenvalue weighted by Gasteiger charge is -2.69. The van der Waals surface area contributed by atoms with E-state index in [9.17, 15) is 0 Å². The van der Waals surface area contributed by atoms with Crippen molar-refractivity contribution in [1.82, 2.24) is 20.4 Å². The topological polar surface area (TPSA) is 55.3 Å². The number of hydrogen-bond donors (Lipinski definition) is 2. The van der Waals surface area contributed by atoms with Crippen molar-refractivity contribution in [1.29, 1.82) is 0 Å². The standard InChI is InChI=1S/C26H43BN6/c1-10-9-11(2)24-20-23(10)32-16(7)30-21-14(5)28-12(3)18(25(21)32)27(20)19-13(4)29-15(6)22-26(19)33(24)17(8)31-22/h10-15,18-26,28-29H,9H2,1-8H3. The largest absolute Gasteiger partial charge is 0.353 e. The zero-order chi connectivity index (χ0) is 23.1. The summed E-state index contributed by atoms with van der Waals surface area (Å²) in [6, 6.07) is 5.14. The molecule has 1 aliphatic carbocycles. The second kappa shape index (κ2) is 6.78. The molecule has 6 aliphatic heterocycles. The summed E-state index contributed by atoms with van der Waals surface area (Å²) in [5.41, 5.74) is 0. The Morgan fingerprint density at radius 3 is 1.48 bits per heavy atom. The molecule has 0 radical (unpaired) electrons. The fraction of sp³-hybridized carbons (Fsp3) is 0.923. The van der Waals surface area contributed by atoms with Gasteiger partial charge in [-0.15, -0.1) is 0 Å². The van der Waals surface area contributed by atoms with Crippen molar-refractivity contribution in [3.63, 3.8) is 0 Å². The van der Waals surface area contributed by atoms with E-state index in [1.165, 1.54) is 18.1 Å². The van der Waals surface area contributed by atoms with Crippen LogP contribution >= 0.6 is 0 Å². The van der Waals surface area contributed by atoms with Crippen LogP contribution < -0.4 is 10.6 Å². The molecule has 4 saturated heterocycles.